The third-order valence-corrected chi connectivity index (χ3v) is 5.80. The van der Waals surface area contributed by atoms with Crippen LogP contribution in [0.1, 0.15) is 42.4 Å². The molecule has 3 aromatic rings. The standard InChI is InChI=1S/C25H25NO5/c1-2-16(27)13-20(29)22(25(30)31)23-21(14-9-11-17(28)12-10-14)18-5-3-4-6-19(18)26-24(23)15-7-8-15/h2-6,9-12,15-16,20,22,27-29H,1,7-8,13H2,(H,30,31). The molecule has 1 fully saturated rings. The number of para-hydroxylation sites is 1. The van der Waals surface area contributed by atoms with Crippen molar-refractivity contribution in [2.24, 2.45) is 0 Å². The molecular formula is C25H25NO5. The van der Waals surface area contributed by atoms with Crippen LogP contribution < -0.4 is 0 Å². The quantitative estimate of drug-likeness (QED) is 0.412. The lowest BCUT2D eigenvalue weighted by atomic mass is 9.81. The van der Waals surface area contributed by atoms with Gasteiger partial charge in [-0.25, -0.2) is 0 Å². The van der Waals surface area contributed by atoms with Gasteiger partial charge in [0, 0.05) is 23.4 Å². The highest BCUT2D eigenvalue weighted by Crippen LogP contribution is 2.48. The molecule has 1 saturated carbocycles. The van der Waals surface area contributed by atoms with Crippen molar-refractivity contribution in [1.82, 2.24) is 4.98 Å². The lowest BCUT2D eigenvalue weighted by molar-refractivity contribution is -0.142. The summed E-state index contributed by atoms with van der Waals surface area (Å²) in [6, 6.07) is 14.1. The summed E-state index contributed by atoms with van der Waals surface area (Å²) in [5, 5.41) is 41.6. The number of hydrogen-bond acceptors (Lipinski definition) is 5. The van der Waals surface area contributed by atoms with E-state index >= 15 is 0 Å². The van der Waals surface area contributed by atoms with E-state index in [1.54, 1.807) is 24.3 Å². The van der Waals surface area contributed by atoms with E-state index in [9.17, 15) is 25.2 Å². The Kier molecular flexibility index (Phi) is 5.76. The number of nitrogens with zero attached hydrogens (tertiary/aromatic N) is 1. The Balaban J connectivity index is 2.02. The predicted molar refractivity (Wildman–Crippen MR) is 118 cm³/mol. The molecule has 0 radical (unpaired) electrons. The number of benzene rings is 2. The number of carboxylic acid groups (broad SMARTS) is 1. The summed E-state index contributed by atoms with van der Waals surface area (Å²) in [6.45, 7) is 3.52. The molecule has 1 heterocycles. The zero-order chi connectivity index (χ0) is 22.1. The number of fused-ring (bicyclic) bond motifs is 1. The third kappa shape index (κ3) is 4.17. The van der Waals surface area contributed by atoms with Gasteiger partial charge in [-0.15, -0.1) is 6.58 Å². The van der Waals surface area contributed by atoms with Crippen molar-refractivity contribution in [3.05, 3.63) is 72.4 Å². The smallest absolute Gasteiger partial charge is 0.313 e. The Morgan fingerprint density at radius 3 is 2.42 bits per heavy atom. The Morgan fingerprint density at radius 2 is 1.81 bits per heavy atom. The molecule has 0 aliphatic heterocycles. The maximum absolute atomic E-state index is 12.4. The molecule has 1 aliphatic rings. The summed E-state index contributed by atoms with van der Waals surface area (Å²) >= 11 is 0. The number of carboxylic acids is 1. The van der Waals surface area contributed by atoms with Crippen LogP contribution in [0.5, 0.6) is 5.75 Å². The van der Waals surface area contributed by atoms with Crippen LogP contribution >= 0.6 is 0 Å². The van der Waals surface area contributed by atoms with Crippen molar-refractivity contribution in [3.63, 3.8) is 0 Å². The fourth-order valence-corrected chi connectivity index (χ4v) is 4.13. The van der Waals surface area contributed by atoms with Crippen LogP contribution in [-0.2, 0) is 4.79 Å². The van der Waals surface area contributed by atoms with Gasteiger partial charge in [-0.2, -0.15) is 0 Å². The zero-order valence-electron chi connectivity index (χ0n) is 17.0. The second-order valence-corrected chi connectivity index (χ2v) is 8.05. The average Bonchev–Trinajstić information content (AvgIpc) is 3.59. The number of hydrogen-bond donors (Lipinski definition) is 4. The normalized spacial score (nSPS) is 16.6. The molecule has 0 spiro atoms. The number of aromatic nitrogens is 1. The minimum atomic E-state index is -1.33. The first-order chi connectivity index (χ1) is 14.9. The molecule has 2 aromatic carbocycles. The van der Waals surface area contributed by atoms with Crippen LogP contribution in [0.2, 0.25) is 0 Å². The molecule has 1 aliphatic carbocycles. The number of aliphatic hydroxyl groups excluding tert-OH is 2. The van der Waals surface area contributed by atoms with Crippen molar-refractivity contribution in [3.8, 4) is 16.9 Å². The van der Waals surface area contributed by atoms with E-state index < -0.39 is 24.1 Å². The van der Waals surface area contributed by atoms with Gasteiger partial charge in [0.05, 0.1) is 17.7 Å². The van der Waals surface area contributed by atoms with Gasteiger partial charge in [-0.3, -0.25) is 9.78 Å². The Hall–Kier alpha value is -3.22. The molecule has 6 heteroatoms. The van der Waals surface area contributed by atoms with Crippen LogP contribution in [0.4, 0.5) is 0 Å². The van der Waals surface area contributed by atoms with Crippen molar-refractivity contribution in [1.29, 1.82) is 0 Å². The average molecular weight is 419 g/mol. The van der Waals surface area contributed by atoms with E-state index in [0.717, 1.165) is 29.3 Å². The van der Waals surface area contributed by atoms with Crippen LogP contribution in [0, 0.1) is 0 Å². The minimum absolute atomic E-state index is 0.106. The molecule has 4 N–H and O–H groups in total. The summed E-state index contributed by atoms with van der Waals surface area (Å²) in [7, 11) is 0. The maximum Gasteiger partial charge on any atom is 0.313 e. The lowest BCUT2D eigenvalue weighted by Gasteiger charge is -2.26. The molecule has 0 bridgehead atoms. The number of phenols is 1. The Labute approximate surface area is 180 Å². The van der Waals surface area contributed by atoms with Gasteiger partial charge in [0.2, 0.25) is 0 Å². The van der Waals surface area contributed by atoms with Crippen molar-refractivity contribution >= 4 is 16.9 Å². The number of rotatable bonds is 8. The van der Waals surface area contributed by atoms with Crippen molar-refractivity contribution < 1.29 is 25.2 Å². The second kappa shape index (κ2) is 8.49. The molecule has 0 amide bonds. The van der Waals surface area contributed by atoms with Crippen LogP contribution in [0.25, 0.3) is 22.0 Å². The highest BCUT2D eigenvalue weighted by Gasteiger charge is 2.39. The number of carbonyl (C=O) groups is 1. The number of aliphatic carboxylic acids is 1. The first-order valence-corrected chi connectivity index (χ1v) is 10.3. The van der Waals surface area contributed by atoms with E-state index in [4.69, 9.17) is 4.98 Å². The maximum atomic E-state index is 12.4. The Bertz CT molecular complexity index is 1120. The first-order valence-electron chi connectivity index (χ1n) is 10.3. The molecule has 3 atom stereocenters. The monoisotopic (exact) mass is 419 g/mol. The molecule has 6 nitrogen and oxygen atoms in total. The number of phenolic OH excluding ortho intramolecular Hbond substituents is 1. The largest absolute Gasteiger partial charge is 0.508 e. The number of aromatic hydroxyl groups is 1. The van der Waals surface area contributed by atoms with Gasteiger partial charge < -0.3 is 20.4 Å². The topological polar surface area (TPSA) is 111 Å². The molecule has 1 aromatic heterocycles. The molecule has 0 saturated heterocycles. The number of aliphatic hydroxyl groups is 2. The minimum Gasteiger partial charge on any atom is -0.508 e. The molecular weight excluding hydrogens is 394 g/mol. The van der Waals surface area contributed by atoms with Crippen molar-refractivity contribution in [2.75, 3.05) is 0 Å². The van der Waals surface area contributed by atoms with Crippen molar-refractivity contribution in [2.45, 2.75) is 43.3 Å². The van der Waals surface area contributed by atoms with Gasteiger partial charge in [0.1, 0.15) is 11.7 Å². The lowest BCUT2D eigenvalue weighted by Crippen LogP contribution is -2.31. The first kappa shape index (κ1) is 21.0. The van der Waals surface area contributed by atoms with Crippen LogP contribution in [-0.4, -0.2) is 43.6 Å². The molecule has 31 heavy (non-hydrogen) atoms. The summed E-state index contributed by atoms with van der Waals surface area (Å²) in [4.78, 5) is 17.3. The van der Waals surface area contributed by atoms with Gasteiger partial charge in [0.25, 0.3) is 0 Å². The fourth-order valence-electron chi connectivity index (χ4n) is 4.13. The molecule has 160 valence electrons. The summed E-state index contributed by atoms with van der Waals surface area (Å²) in [5.74, 6) is -2.21. The van der Waals surface area contributed by atoms with Gasteiger partial charge in [-0.1, -0.05) is 36.4 Å². The summed E-state index contributed by atoms with van der Waals surface area (Å²) in [6.07, 6.45) is 0.597. The zero-order valence-corrected chi connectivity index (χ0v) is 17.0. The fraction of sp³-hybridized carbons (Fsp3) is 0.280. The van der Waals surface area contributed by atoms with Gasteiger partial charge in [-0.05, 0) is 47.7 Å². The number of pyridine rings is 1. The predicted octanol–water partition coefficient (Wildman–Crippen LogP) is 3.95. The third-order valence-electron chi connectivity index (χ3n) is 5.80. The van der Waals surface area contributed by atoms with E-state index in [2.05, 4.69) is 6.58 Å². The van der Waals surface area contributed by atoms with Gasteiger partial charge in [0.15, 0.2) is 0 Å². The second-order valence-electron chi connectivity index (χ2n) is 8.05. The highest BCUT2D eigenvalue weighted by molar-refractivity contribution is 5.99. The van der Waals surface area contributed by atoms with E-state index in [1.807, 2.05) is 24.3 Å². The van der Waals surface area contributed by atoms with Crippen LogP contribution in [0.15, 0.2) is 61.2 Å². The summed E-state index contributed by atoms with van der Waals surface area (Å²) in [5.41, 5.74) is 3.33. The van der Waals surface area contributed by atoms with E-state index in [-0.39, 0.29) is 18.1 Å². The molecule has 4 rings (SSSR count). The van der Waals surface area contributed by atoms with E-state index in [1.165, 1.54) is 6.08 Å². The highest BCUT2D eigenvalue weighted by atomic mass is 16.4. The van der Waals surface area contributed by atoms with Gasteiger partial charge >= 0.3 is 5.97 Å². The summed E-state index contributed by atoms with van der Waals surface area (Å²) < 4.78 is 0. The van der Waals surface area contributed by atoms with Crippen LogP contribution in [0.3, 0.4) is 0 Å². The van der Waals surface area contributed by atoms with E-state index in [0.29, 0.717) is 16.8 Å². The Morgan fingerprint density at radius 1 is 1.13 bits per heavy atom. The molecule has 3 unspecified atom stereocenters. The SMILES string of the molecule is C=CC(O)CC(O)C(C(=O)O)c1c(C2CC2)nc2ccccc2c1-c1ccc(O)cc1.